The molecule has 1 unspecified atom stereocenters. The Kier molecular flexibility index (Phi) is 3.77. The Morgan fingerprint density at radius 1 is 1.47 bits per heavy atom. The molecular formula is C11H14FNO2. The molecule has 0 saturated carbocycles. The van der Waals surface area contributed by atoms with Crippen LogP contribution in [0, 0.1) is 10.1 Å². The molecule has 0 saturated heterocycles. The minimum absolute atomic E-state index is 0.0460. The van der Waals surface area contributed by atoms with Gasteiger partial charge in [-0.15, -0.1) is 0 Å². The first-order valence-corrected chi connectivity index (χ1v) is 4.92. The van der Waals surface area contributed by atoms with E-state index in [1.165, 1.54) is 12.1 Å². The molecule has 1 rings (SSSR count). The van der Waals surface area contributed by atoms with Crippen LogP contribution >= 0.6 is 0 Å². The summed E-state index contributed by atoms with van der Waals surface area (Å²) in [4.78, 5) is 10.2. The third kappa shape index (κ3) is 2.75. The number of hydrogen-bond acceptors (Lipinski definition) is 2. The maximum Gasteiger partial charge on any atom is 0.269 e. The van der Waals surface area contributed by atoms with E-state index in [1.807, 2.05) is 13.0 Å². The van der Waals surface area contributed by atoms with Gasteiger partial charge in [-0.25, -0.2) is 0 Å². The molecule has 0 heterocycles. The van der Waals surface area contributed by atoms with E-state index in [2.05, 4.69) is 0 Å². The number of nitro groups is 1. The molecule has 0 aliphatic rings. The summed E-state index contributed by atoms with van der Waals surface area (Å²) in [6.45, 7) is 3.14. The number of halogens is 1. The summed E-state index contributed by atoms with van der Waals surface area (Å²) in [5, 5.41) is 10.6. The second-order valence-electron chi connectivity index (χ2n) is 3.60. The van der Waals surface area contributed by atoms with Crippen LogP contribution in [0.1, 0.15) is 30.9 Å². The lowest BCUT2D eigenvalue weighted by molar-refractivity contribution is -0.385. The lowest BCUT2D eigenvalue weighted by atomic mass is 9.98. The van der Waals surface area contributed by atoms with Crippen LogP contribution in [0.5, 0.6) is 0 Å². The van der Waals surface area contributed by atoms with Crippen molar-refractivity contribution >= 4 is 5.69 Å². The van der Waals surface area contributed by atoms with E-state index >= 15 is 0 Å². The zero-order valence-corrected chi connectivity index (χ0v) is 8.87. The molecule has 0 fully saturated rings. The molecule has 0 aliphatic heterocycles. The highest BCUT2D eigenvalue weighted by atomic mass is 19.1. The van der Waals surface area contributed by atoms with Crippen LogP contribution in [0.4, 0.5) is 10.1 Å². The van der Waals surface area contributed by atoms with Gasteiger partial charge in [0.05, 0.1) is 11.6 Å². The van der Waals surface area contributed by atoms with Gasteiger partial charge in [0.2, 0.25) is 0 Å². The number of nitro benzene ring substituents is 1. The van der Waals surface area contributed by atoms with Crippen molar-refractivity contribution < 1.29 is 9.31 Å². The molecule has 0 aromatic heterocycles. The van der Waals surface area contributed by atoms with Gasteiger partial charge in [-0.1, -0.05) is 19.9 Å². The van der Waals surface area contributed by atoms with E-state index in [-0.39, 0.29) is 11.6 Å². The maximum absolute atomic E-state index is 12.5. The van der Waals surface area contributed by atoms with Crippen molar-refractivity contribution in [1.29, 1.82) is 0 Å². The van der Waals surface area contributed by atoms with Gasteiger partial charge in [-0.2, -0.15) is 0 Å². The Morgan fingerprint density at radius 3 is 2.60 bits per heavy atom. The predicted molar refractivity (Wildman–Crippen MR) is 56.9 cm³/mol. The highest BCUT2D eigenvalue weighted by Gasteiger charge is 2.13. The lowest BCUT2D eigenvalue weighted by Gasteiger charge is -2.08. The molecule has 0 amide bonds. The van der Waals surface area contributed by atoms with Crippen molar-refractivity contribution in [3.63, 3.8) is 0 Å². The van der Waals surface area contributed by atoms with Gasteiger partial charge in [0.1, 0.15) is 0 Å². The molecule has 0 aliphatic carbocycles. The lowest BCUT2D eigenvalue weighted by Crippen LogP contribution is -1.99. The summed E-state index contributed by atoms with van der Waals surface area (Å²) in [5.41, 5.74) is 1.62. The number of aryl methyl sites for hydroxylation is 1. The monoisotopic (exact) mass is 211 g/mol. The first kappa shape index (κ1) is 11.6. The summed E-state index contributed by atoms with van der Waals surface area (Å²) >= 11 is 0. The van der Waals surface area contributed by atoms with Crippen molar-refractivity contribution in [1.82, 2.24) is 0 Å². The molecule has 1 aromatic carbocycles. The molecule has 3 nitrogen and oxygen atoms in total. The number of nitrogens with zero attached hydrogens (tertiary/aromatic N) is 1. The van der Waals surface area contributed by atoms with Crippen LogP contribution < -0.4 is 0 Å². The first-order chi connectivity index (χ1) is 7.08. The van der Waals surface area contributed by atoms with Crippen LogP contribution in [-0.4, -0.2) is 11.6 Å². The van der Waals surface area contributed by atoms with Gasteiger partial charge in [0, 0.05) is 18.1 Å². The van der Waals surface area contributed by atoms with Crippen molar-refractivity contribution in [2.24, 2.45) is 0 Å². The molecule has 0 radical (unpaired) electrons. The molecule has 0 N–H and O–H groups in total. The number of hydrogen-bond donors (Lipinski definition) is 0. The fraction of sp³-hybridized carbons (Fsp3) is 0.455. The van der Waals surface area contributed by atoms with Crippen molar-refractivity contribution in [3.8, 4) is 0 Å². The second-order valence-corrected chi connectivity index (χ2v) is 3.60. The molecule has 0 bridgehead atoms. The largest absolute Gasteiger partial charge is 0.269 e. The normalized spacial score (nSPS) is 12.5. The molecule has 4 heteroatoms. The van der Waals surface area contributed by atoms with Crippen molar-refractivity contribution in [3.05, 3.63) is 39.4 Å². The van der Waals surface area contributed by atoms with E-state index in [0.717, 1.165) is 5.56 Å². The smallest absolute Gasteiger partial charge is 0.258 e. The average molecular weight is 211 g/mol. The Balaban J connectivity index is 3.16. The van der Waals surface area contributed by atoms with E-state index in [1.54, 1.807) is 6.92 Å². The minimum atomic E-state index is -0.496. The molecule has 1 aromatic rings. The van der Waals surface area contributed by atoms with Gasteiger partial charge >= 0.3 is 0 Å². The van der Waals surface area contributed by atoms with E-state index < -0.39 is 11.6 Å². The zero-order chi connectivity index (χ0) is 11.4. The summed E-state index contributed by atoms with van der Waals surface area (Å²) in [7, 11) is 0. The van der Waals surface area contributed by atoms with Crippen molar-refractivity contribution in [2.75, 3.05) is 6.67 Å². The SMILES string of the molecule is CCc1cc(C(C)CF)cc([N+](=O)[O-])c1. The van der Waals surface area contributed by atoms with E-state index in [9.17, 15) is 14.5 Å². The zero-order valence-electron chi connectivity index (χ0n) is 8.87. The first-order valence-electron chi connectivity index (χ1n) is 4.92. The molecule has 0 spiro atoms. The summed E-state index contributed by atoms with van der Waals surface area (Å²) in [6.07, 6.45) is 0.716. The fourth-order valence-corrected chi connectivity index (χ4v) is 1.38. The summed E-state index contributed by atoms with van der Waals surface area (Å²) in [6, 6.07) is 4.81. The summed E-state index contributed by atoms with van der Waals surface area (Å²) in [5.74, 6) is -0.282. The van der Waals surface area contributed by atoms with Gasteiger partial charge in [-0.3, -0.25) is 14.5 Å². The molecule has 82 valence electrons. The standard InChI is InChI=1S/C11H14FNO2/c1-3-9-4-10(8(2)7-12)6-11(5-9)13(14)15/h4-6,8H,3,7H2,1-2H3. The van der Waals surface area contributed by atoms with Crippen LogP contribution in [0.2, 0.25) is 0 Å². The highest BCUT2D eigenvalue weighted by Crippen LogP contribution is 2.23. The number of rotatable bonds is 4. The number of alkyl halides is 1. The van der Waals surface area contributed by atoms with Crippen molar-refractivity contribution in [2.45, 2.75) is 26.2 Å². The highest BCUT2D eigenvalue weighted by molar-refractivity contribution is 5.40. The maximum atomic E-state index is 12.5. The van der Waals surface area contributed by atoms with E-state index in [4.69, 9.17) is 0 Å². The van der Waals surface area contributed by atoms with Crippen LogP contribution in [0.15, 0.2) is 18.2 Å². The quantitative estimate of drug-likeness (QED) is 0.566. The number of non-ortho nitro benzene ring substituents is 1. The molecule has 15 heavy (non-hydrogen) atoms. The van der Waals surface area contributed by atoms with Gasteiger partial charge in [-0.05, 0) is 17.5 Å². The van der Waals surface area contributed by atoms with Gasteiger partial charge in [0.15, 0.2) is 0 Å². The van der Waals surface area contributed by atoms with Gasteiger partial charge < -0.3 is 0 Å². The Morgan fingerprint density at radius 2 is 2.13 bits per heavy atom. The Bertz CT molecular complexity index is 366. The van der Waals surface area contributed by atoms with Gasteiger partial charge in [0.25, 0.3) is 5.69 Å². The molecular weight excluding hydrogens is 197 g/mol. The van der Waals surface area contributed by atoms with E-state index in [0.29, 0.717) is 12.0 Å². The van der Waals surface area contributed by atoms with Crippen LogP contribution in [0.3, 0.4) is 0 Å². The Labute approximate surface area is 88.1 Å². The third-order valence-electron chi connectivity index (χ3n) is 2.42. The average Bonchev–Trinajstić information content (AvgIpc) is 2.27. The fourth-order valence-electron chi connectivity index (χ4n) is 1.38. The third-order valence-corrected chi connectivity index (χ3v) is 2.42. The van der Waals surface area contributed by atoms with Crippen LogP contribution in [-0.2, 0) is 6.42 Å². The number of benzene rings is 1. The predicted octanol–water partition coefficient (Wildman–Crippen LogP) is 3.23. The summed E-state index contributed by atoms with van der Waals surface area (Å²) < 4.78 is 12.5. The minimum Gasteiger partial charge on any atom is -0.258 e. The Hall–Kier alpha value is -1.45. The molecule has 1 atom stereocenters. The second kappa shape index (κ2) is 4.87. The van der Waals surface area contributed by atoms with Crippen LogP contribution in [0.25, 0.3) is 0 Å². The topological polar surface area (TPSA) is 43.1 Å².